The molecule has 8 nitrogen and oxygen atoms in total. The van der Waals surface area contributed by atoms with E-state index in [1.165, 1.54) is 0 Å². The molecule has 0 bridgehead atoms. The SMILES string of the molecule is COc1ccc(OCc2ccc([C@@H]3C(C(=O)Nc4ncccc4C)=C(C)NC4=C3C(=O)CC(C)(C)C4)o2)cc1. The predicted octanol–water partition coefficient (Wildman–Crippen LogP) is 5.81. The number of ketones is 1. The Morgan fingerprint density at radius 2 is 1.85 bits per heavy atom. The zero-order valence-electron chi connectivity index (χ0n) is 22.9. The van der Waals surface area contributed by atoms with Gasteiger partial charge in [0.15, 0.2) is 5.78 Å². The molecule has 2 N–H and O–H groups in total. The summed E-state index contributed by atoms with van der Waals surface area (Å²) in [5.41, 5.74) is 3.21. The van der Waals surface area contributed by atoms with Crippen LogP contribution < -0.4 is 20.1 Å². The summed E-state index contributed by atoms with van der Waals surface area (Å²) in [6, 6.07) is 14.6. The van der Waals surface area contributed by atoms with Crippen LogP contribution in [0.1, 0.15) is 56.6 Å². The van der Waals surface area contributed by atoms with Gasteiger partial charge in [-0.2, -0.15) is 0 Å². The number of furan rings is 1. The van der Waals surface area contributed by atoms with Gasteiger partial charge in [0.25, 0.3) is 5.91 Å². The standard InChI is InChI=1S/C31H33N3O5/c1-18-7-6-14-32-29(18)34-30(36)26-19(2)33-23-15-31(3,4)16-24(35)27(23)28(26)25-13-12-22(39-25)17-38-21-10-8-20(37-5)9-11-21/h6-14,28,33H,15-17H2,1-5H3,(H,32,34,36)/t28-/m1/s1. The van der Waals surface area contributed by atoms with Gasteiger partial charge in [-0.3, -0.25) is 9.59 Å². The zero-order chi connectivity index (χ0) is 27.7. The average Bonchev–Trinajstić information content (AvgIpc) is 3.36. The van der Waals surface area contributed by atoms with Gasteiger partial charge in [0.1, 0.15) is 35.4 Å². The third-order valence-corrected chi connectivity index (χ3v) is 7.13. The number of allylic oxidation sites excluding steroid dienone is 3. The van der Waals surface area contributed by atoms with Crippen molar-refractivity contribution < 1.29 is 23.5 Å². The highest BCUT2D eigenvalue weighted by Crippen LogP contribution is 2.47. The van der Waals surface area contributed by atoms with Crippen LogP contribution in [0, 0.1) is 12.3 Å². The quantitative estimate of drug-likeness (QED) is 0.399. The maximum Gasteiger partial charge on any atom is 0.255 e. The highest BCUT2D eigenvalue weighted by atomic mass is 16.5. The molecule has 202 valence electrons. The maximum atomic E-state index is 13.7. The van der Waals surface area contributed by atoms with Crippen molar-refractivity contribution in [3.63, 3.8) is 0 Å². The Kier molecular flexibility index (Phi) is 7.04. The minimum absolute atomic E-state index is 0.0120. The van der Waals surface area contributed by atoms with E-state index in [4.69, 9.17) is 13.9 Å². The number of benzene rings is 1. The number of rotatable bonds is 7. The number of amides is 1. The van der Waals surface area contributed by atoms with Crippen LogP contribution in [0.5, 0.6) is 11.5 Å². The summed E-state index contributed by atoms with van der Waals surface area (Å²) in [4.78, 5) is 31.6. The third kappa shape index (κ3) is 5.46. The normalized spacial score (nSPS) is 18.4. The Morgan fingerprint density at radius 3 is 2.56 bits per heavy atom. The van der Waals surface area contributed by atoms with E-state index in [0.29, 0.717) is 52.8 Å². The zero-order valence-corrected chi connectivity index (χ0v) is 22.9. The molecule has 1 amide bonds. The van der Waals surface area contributed by atoms with Crippen LogP contribution in [0.3, 0.4) is 0 Å². The number of Topliss-reactive ketones (excluding diaryl/α,β-unsaturated/α-hetero) is 1. The number of carbonyl (C=O) groups is 2. The van der Waals surface area contributed by atoms with Crippen molar-refractivity contribution in [2.45, 2.75) is 53.1 Å². The van der Waals surface area contributed by atoms with Gasteiger partial charge in [-0.25, -0.2) is 4.98 Å². The largest absolute Gasteiger partial charge is 0.497 e. The van der Waals surface area contributed by atoms with E-state index < -0.39 is 5.92 Å². The molecular formula is C31H33N3O5. The lowest BCUT2D eigenvalue weighted by Crippen LogP contribution is -2.39. The van der Waals surface area contributed by atoms with Crippen molar-refractivity contribution in [3.8, 4) is 11.5 Å². The third-order valence-electron chi connectivity index (χ3n) is 7.13. The molecule has 1 aliphatic carbocycles. The molecule has 0 unspecified atom stereocenters. The number of pyridine rings is 1. The van der Waals surface area contributed by atoms with Crippen LogP contribution in [-0.2, 0) is 16.2 Å². The van der Waals surface area contributed by atoms with Crippen LogP contribution in [-0.4, -0.2) is 23.8 Å². The first kappa shape index (κ1) is 26.3. The van der Waals surface area contributed by atoms with Crippen LogP contribution >= 0.6 is 0 Å². The van der Waals surface area contributed by atoms with Crippen LogP contribution in [0.25, 0.3) is 0 Å². The molecule has 1 atom stereocenters. The van der Waals surface area contributed by atoms with Crippen molar-refractivity contribution in [2.75, 3.05) is 12.4 Å². The molecule has 1 aliphatic heterocycles. The van der Waals surface area contributed by atoms with Gasteiger partial charge in [-0.1, -0.05) is 19.9 Å². The van der Waals surface area contributed by atoms with Crippen LogP contribution in [0.2, 0.25) is 0 Å². The topological polar surface area (TPSA) is 103 Å². The highest BCUT2D eigenvalue weighted by Gasteiger charge is 2.44. The van der Waals surface area contributed by atoms with E-state index in [-0.39, 0.29) is 23.7 Å². The molecule has 0 saturated carbocycles. The van der Waals surface area contributed by atoms with Gasteiger partial charge in [-0.05, 0) is 73.7 Å². The molecule has 5 rings (SSSR count). The Hall–Kier alpha value is -4.33. The number of methoxy groups -OCH3 is 1. The highest BCUT2D eigenvalue weighted by molar-refractivity contribution is 6.09. The number of hydrogen-bond acceptors (Lipinski definition) is 7. The van der Waals surface area contributed by atoms with E-state index in [1.807, 2.05) is 62.4 Å². The number of carbonyl (C=O) groups excluding carboxylic acids is 2. The van der Waals surface area contributed by atoms with Crippen LogP contribution in [0.4, 0.5) is 5.82 Å². The summed E-state index contributed by atoms with van der Waals surface area (Å²) in [6.07, 6.45) is 2.73. The first-order chi connectivity index (χ1) is 18.6. The molecule has 0 radical (unpaired) electrons. The predicted molar refractivity (Wildman–Crippen MR) is 147 cm³/mol. The number of dihydropyridines is 1. The lowest BCUT2D eigenvalue weighted by Gasteiger charge is -2.38. The first-order valence-corrected chi connectivity index (χ1v) is 13.0. The summed E-state index contributed by atoms with van der Waals surface area (Å²) >= 11 is 0. The summed E-state index contributed by atoms with van der Waals surface area (Å²) < 4.78 is 17.3. The van der Waals surface area contributed by atoms with Gasteiger partial charge in [0.05, 0.1) is 18.6 Å². The minimum atomic E-state index is -0.649. The second-order valence-corrected chi connectivity index (χ2v) is 10.8. The van der Waals surface area contributed by atoms with Crippen LogP contribution in [0.15, 0.2) is 81.7 Å². The van der Waals surface area contributed by atoms with E-state index in [2.05, 4.69) is 29.5 Å². The van der Waals surface area contributed by atoms with Gasteiger partial charge in [0.2, 0.25) is 0 Å². The fourth-order valence-corrected chi connectivity index (χ4v) is 5.27. The second kappa shape index (κ2) is 10.4. The number of nitrogens with zero attached hydrogens (tertiary/aromatic N) is 1. The monoisotopic (exact) mass is 527 g/mol. The first-order valence-electron chi connectivity index (χ1n) is 13.0. The summed E-state index contributed by atoms with van der Waals surface area (Å²) in [6.45, 7) is 8.10. The molecule has 0 spiro atoms. The lowest BCUT2D eigenvalue weighted by atomic mass is 9.69. The average molecular weight is 528 g/mol. The second-order valence-electron chi connectivity index (χ2n) is 10.8. The van der Waals surface area contributed by atoms with E-state index in [9.17, 15) is 9.59 Å². The molecule has 2 aromatic heterocycles. The Balaban J connectivity index is 1.47. The number of ether oxygens (including phenoxy) is 2. The van der Waals surface area contributed by atoms with E-state index in [0.717, 1.165) is 17.0 Å². The Bertz CT molecular complexity index is 1480. The van der Waals surface area contributed by atoms with Gasteiger partial charge < -0.3 is 24.5 Å². The van der Waals surface area contributed by atoms with E-state index in [1.54, 1.807) is 13.3 Å². The number of aryl methyl sites for hydroxylation is 1. The number of aromatic nitrogens is 1. The van der Waals surface area contributed by atoms with Gasteiger partial charge in [-0.15, -0.1) is 0 Å². The molecule has 0 saturated heterocycles. The Labute approximate surface area is 228 Å². The lowest BCUT2D eigenvalue weighted by molar-refractivity contribution is -0.118. The fraction of sp³-hybridized carbons (Fsp3) is 0.323. The van der Waals surface area contributed by atoms with Gasteiger partial charge >= 0.3 is 0 Å². The molecular weight excluding hydrogens is 494 g/mol. The van der Waals surface area contributed by atoms with Gasteiger partial charge in [0, 0.05) is 29.6 Å². The molecule has 0 fully saturated rings. The fourth-order valence-electron chi connectivity index (χ4n) is 5.27. The van der Waals surface area contributed by atoms with Crippen molar-refractivity contribution in [2.24, 2.45) is 5.41 Å². The molecule has 1 aromatic carbocycles. The summed E-state index contributed by atoms with van der Waals surface area (Å²) in [7, 11) is 1.61. The molecule has 39 heavy (non-hydrogen) atoms. The Morgan fingerprint density at radius 1 is 1.10 bits per heavy atom. The molecule has 3 aromatic rings. The number of hydrogen-bond donors (Lipinski definition) is 2. The van der Waals surface area contributed by atoms with Crippen molar-refractivity contribution in [1.29, 1.82) is 0 Å². The van der Waals surface area contributed by atoms with Crippen molar-refractivity contribution in [1.82, 2.24) is 10.3 Å². The maximum absolute atomic E-state index is 13.7. The van der Waals surface area contributed by atoms with Crippen molar-refractivity contribution >= 4 is 17.5 Å². The smallest absolute Gasteiger partial charge is 0.255 e. The van der Waals surface area contributed by atoms with Crippen molar-refractivity contribution in [3.05, 3.63) is 94.4 Å². The van der Waals surface area contributed by atoms with E-state index >= 15 is 0 Å². The minimum Gasteiger partial charge on any atom is -0.497 e. The number of anilines is 1. The molecule has 8 heteroatoms. The summed E-state index contributed by atoms with van der Waals surface area (Å²) in [5.74, 6) is 2.03. The molecule has 3 heterocycles. The molecule has 2 aliphatic rings. The summed E-state index contributed by atoms with van der Waals surface area (Å²) in [5, 5.41) is 6.32. The number of nitrogens with one attached hydrogen (secondary N) is 2.